The van der Waals surface area contributed by atoms with E-state index in [1.165, 1.54) is 0 Å². The average Bonchev–Trinajstić information content (AvgIpc) is 2.63. The second-order valence-electron chi connectivity index (χ2n) is 5.82. The highest BCUT2D eigenvalue weighted by Crippen LogP contribution is 2.20. The number of benzene rings is 1. The largest absolute Gasteiger partial charge is 0.354 e. The maximum atomic E-state index is 12.7. The van der Waals surface area contributed by atoms with Gasteiger partial charge in [-0.3, -0.25) is 9.78 Å². The summed E-state index contributed by atoms with van der Waals surface area (Å²) in [5, 5.41) is 3.93. The summed E-state index contributed by atoms with van der Waals surface area (Å²) in [6.07, 6.45) is 3.34. The average molecular weight is 345 g/mol. The Balaban J connectivity index is 1.68. The fourth-order valence-electron chi connectivity index (χ4n) is 2.77. The smallest absolute Gasteiger partial charge is 0.255 e. The Hall–Kier alpha value is -2.11. The summed E-state index contributed by atoms with van der Waals surface area (Å²) in [5.74, 6) is 0.0398. The SMILES string of the molecule is CCN1CCN(C(=O)c2cncc(Nc3ccc(Cl)cc3)c2)CC1. The summed E-state index contributed by atoms with van der Waals surface area (Å²) >= 11 is 5.89. The molecule has 0 saturated carbocycles. The van der Waals surface area contributed by atoms with Gasteiger partial charge in [0.05, 0.1) is 17.4 Å². The number of aromatic nitrogens is 1. The van der Waals surface area contributed by atoms with Crippen molar-refractivity contribution in [2.75, 3.05) is 38.0 Å². The molecule has 1 saturated heterocycles. The number of hydrogen-bond acceptors (Lipinski definition) is 4. The van der Waals surface area contributed by atoms with Gasteiger partial charge in [0.2, 0.25) is 0 Å². The highest BCUT2D eigenvalue weighted by atomic mass is 35.5. The maximum Gasteiger partial charge on any atom is 0.255 e. The third-order valence-corrected chi connectivity index (χ3v) is 4.48. The van der Waals surface area contributed by atoms with Crippen LogP contribution in [0.1, 0.15) is 17.3 Å². The van der Waals surface area contributed by atoms with Gasteiger partial charge in [0.1, 0.15) is 0 Å². The van der Waals surface area contributed by atoms with E-state index in [-0.39, 0.29) is 5.91 Å². The van der Waals surface area contributed by atoms with Crippen LogP contribution in [-0.4, -0.2) is 53.4 Å². The van der Waals surface area contributed by atoms with Gasteiger partial charge in [0.25, 0.3) is 5.91 Å². The second-order valence-corrected chi connectivity index (χ2v) is 6.26. The lowest BCUT2D eigenvalue weighted by Crippen LogP contribution is -2.48. The number of carbonyl (C=O) groups is 1. The lowest BCUT2D eigenvalue weighted by molar-refractivity contribution is 0.0643. The lowest BCUT2D eigenvalue weighted by Gasteiger charge is -2.34. The van der Waals surface area contributed by atoms with Crippen molar-refractivity contribution in [2.45, 2.75) is 6.92 Å². The van der Waals surface area contributed by atoms with E-state index in [0.717, 1.165) is 44.1 Å². The Morgan fingerprint density at radius 3 is 2.50 bits per heavy atom. The highest BCUT2D eigenvalue weighted by Gasteiger charge is 2.21. The molecule has 3 rings (SSSR count). The molecule has 1 aliphatic heterocycles. The van der Waals surface area contributed by atoms with E-state index >= 15 is 0 Å². The number of anilines is 2. The first-order chi connectivity index (χ1) is 11.7. The fourth-order valence-corrected chi connectivity index (χ4v) is 2.90. The van der Waals surface area contributed by atoms with E-state index in [0.29, 0.717) is 10.6 Å². The molecule has 0 bridgehead atoms. The van der Waals surface area contributed by atoms with Crippen LogP contribution in [0.2, 0.25) is 5.02 Å². The Morgan fingerprint density at radius 2 is 1.83 bits per heavy atom. The first-order valence-electron chi connectivity index (χ1n) is 8.15. The third kappa shape index (κ3) is 4.04. The lowest BCUT2D eigenvalue weighted by atomic mass is 10.2. The van der Waals surface area contributed by atoms with E-state index in [9.17, 15) is 4.79 Å². The van der Waals surface area contributed by atoms with Crippen LogP contribution in [-0.2, 0) is 0 Å². The Morgan fingerprint density at radius 1 is 1.12 bits per heavy atom. The van der Waals surface area contributed by atoms with Crippen molar-refractivity contribution in [1.82, 2.24) is 14.8 Å². The van der Waals surface area contributed by atoms with Gasteiger partial charge < -0.3 is 15.1 Å². The second kappa shape index (κ2) is 7.64. The van der Waals surface area contributed by atoms with E-state index in [1.807, 2.05) is 35.2 Å². The first kappa shape index (κ1) is 16.7. The van der Waals surface area contributed by atoms with E-state index in [2.05, 4.69) is 22.1 Å². The Kier molecular flexibility index (Phi) is 5.33. The van der Waals surface area contributed by atoms with Crippen molar-refractivity contribution in [3.8, 4) is 0 Å². The molecule has 0 spiro atoms. The van der Waals surface area contributed by atoms with Gasteiger partial charge in [-0.2, -0.15) is 0 Å². The van der Waals surface area contributed by atoms with Gasteiger partial charge >= 0.3 is 0 Å². The van der Waals surface area contributed by atoms with Crippen LogP contribution in [0.5, 0.6) is 0 Å². The molecule has 0 aliphatic carbocycles. The number of piperazine rings is 1. The third-order valence-electron chi connectivity index (χ3n) is 4.22. The molecule has 1 aromatic heterocycles. The first-order valence-corrected chi connectivity index (χ1v) is 8.53. The number of nitrogens with zero attached hydrogens (tertiary/aromatic N) is 3. The zero-order valence-corrected chi connectivity index (χ0v) is 14.5. The van der Waals surface area contributed by atoms with Crippen LogP contribution >= 0.6 is 11.6 Å². The van der Waals surface area contributed by atoms with Crippen LogP contribution in [0.3, 0.4) is 0 Å². The highest BCUT2D eigenvalue weighted by molar-refractivity contribution is 6.30. The number of pyridine rings is 1. The normalized spacial score (nSPS) is 15.3. The van der Waals surface area contributed by atoms with Gasteiger partial charge in [0, 0.05) is 43.1 Å². The molecular weight excluding hydrogens is 324 g/mol. The van der Waals surface area contributed by atoms with Crippen LogP contribution in [0.4, 0.5) is 11.4 Å². The molecule has 6 heteroatoms. The molecular formula is C18H21ClN4O. The van der Waals surface area contributed by atoms with Crippen molar-refractivity contribution in [1.29, 1.82) is 0 Å². The number of rotatable bonds is 4. The van der Waals surface area contributed by atoms with Gasteiger partial charge in [0.15, 0.2) is 0 Å². The van der Waals surface area contributed by atoms with Gasteiger partial charge in [-0.25, -0.2) is 0 Å². The predicted octanol–water partition coefficient (Wildman–Crippen LogP) is 3.26. The Labute approximate surface area is 147 Å². The van der Waals surface area contributed by atoms with Gasteiger partial charge in [-0.15, -0.1) is 0 Å². The maximum absolute atomic E-state index is 12.7. The number of nitrogens with one attached hydrogen (secondary N) is 1. The molecule has 2 heterocycles. The molecule has 2 aromatic rings. The van der Waals surface area contributed by atoms with E-state index in [4.69, 9.17) is 11.6 Å². The molecule has 1 amide bonds. The zero-order valence-electron chi connectivity index (χ0n) is 13.7. The molecule has 126 valence electrons. The summed E-state index contributed by atoms with van der Waals surface area (Å²) in [4.78, 5) is 21.1. The predicted molar refractivity (Wildman–Crippen MR) is 97.0 cm³/mol. The van der Waals surface area contributed by atoms with Gasteiger partial charge in [-0.05, 0) is 36.9 Å². The number of amides is 1. The minimum atomic E-state index is 0.0398. The summed E-state index contributed by atoms with van der Waals surface area (Å²) in [6, 6.07) is 9.26. The van der Waals surface area contributed by atoms with Crippen molar-refractivity contribution in [3.05, 3.63) is 53.3 Å². The van der Waals surface area contributed by atoms with E-state index < -0.39 is 0 Å². The molecule has 5 nitrogen and oxygen atoms in total. The standard InChI is InChI=1S/C18H21ClN4O/c1-2-22-7-9-23(10-8-22)18(24)14-11-17(13-20-12-14)21-16-5-3-15(19)4-6-16/h3-6,11-13,21H,2,7-10H2,1H3. The molecule has 24 heavy (non-hydrogen) atoms. The minimum Gasteiger partial charge on any atom is -0.354 e. The van der Waals surface area contributed by atoms with Crippen molar-refractivity contribution < 1.29 is 4.79 Å². The summed E-state index contributed by atoms with van der Waals surface area (Å²) in [6.45, 7) is 6.57. The summed E-state index contributed by atoms with van der Waals surface area (Å²) < 4.78 is 0. The minimum absolute atomic E-state index is 0.0398. The molecule has 0 unspecified atom stereocenters. The van der Waals surface area contributed by atoms with E-state index in [1.54, 1.807) is 12.4 Å². The molecule has 1 fully saturated rings. The van der Waals surface area contributed by atoms with Crippen molar-refractivity contribution in [2.24, 2.45) is 0 Å². The van der Waals surface area contributed by atoms with Crippen molar-refractivity contribution >= 4 is 28.9 Å². The van der Waals surface area contributed by atoms with Crippen LogP contribution in [0, 0.1) is 0 Å². The number of hydrogen-bond donors (Lipinski definition) is 1. The molecule has 0 atom stereocenters. The molecule has 1 N–H and O–H groups in total. The number of carbonyl (C=O) groups excluding carboxylic acids is 1. The number of halogens is 1. The summed E-state index contributed by atoms with van der Waals surface area (Å²) in [7, 11) is 0. The fraction of sp³-hybridized carbons (Fsp3) is 0.333. The van der Waals surface area contributed by atoms with Crippen LogP contribution in [0.25, 0.3) is 0 Å². The molecule has 1 aromatic carbocycles. The summed E-state index contributed by atoms with van der Waals surface area (Å²) in [5.41, 5.74) is 2.30. The zero-order chi connectivity index (χ0) is 16.9. The van der Waals surface area contributed by atoms with Crippen LogP contribution < -0.4 is 5.32 Å². The topological polar surface area (TPSA) is 48.5 Å². The Bertz CT molecular complexity index is 696. The van der Waals surface area contributed by atoms with Crippen LogP contribution in [0.15, 0.2) is 42.7 Å². The number of likely N-dealkylation sites (N-methyl/N-ethyl adjacent to an activating group) is 1. The monoisotopic (exact) mass is 344 g/mol. The quantitative estimate of drug-likeness (QED) is 0.925. The van der Waals surface area contributed by atoms with Gasteiger partial charge in [-0.1, -0.05) is 18.5 Å². The van der Waals surface area contributed by atoms with Crippen molar-refractivity contribution in [3.63, 3.8) is 0 Å². The molecule has 1 aliphatic rings. The molecule has 0 radical (unpaired) electrons.